The van der Waals surface area contributed by atoms with Crippen LogP contribution in [-0.4, -0.2) is 16.2 Å². The largest absolute Gasteiger partial charge is 0.491 e. The molecule has 1 saturated heterocycles. The summed E-state index contributed by atoms with van der Waals surface area (Å²) < 4.78 is 12.3. The fourth-order valence-electron chi connectivity index (χ4n) is 4.41. The van der Waals surface area contributed by atoms with Crippen molar-refractivity contribution in [2.75, 3.05) is 4.90 Å². The van der Waals surface area contributed by atoms with Crippen LogP contribution in [0, 0.1) is 6.92 Å². The molecule has 1 aliphatic heterocycles. The molecule has 2 aromatic carbocycles. The van der Waals surface area contributed by atoms with Crippen LogP contribution in [0.3, 0.4) is 0 Å². The van der Waals surface area contributed by atoms with Crippen LogP contribution in [0.4, 0.5) is 5.69 Å². The second-order valence-corrected chi connectivity index (χ2v) is 9.57. The Kier molecular flexibility index (Phi) is 6.50. The number of rotatable bonds is 6. The van der Waals surface area contributed by atoms with E-state index in [1.54, 1.807) is 6.20 Å². The molecule has 1 fully saturated rings. The minimum absolute atomic E-state index is 0.105. The number of aromatic nitrogens is 1. The van der Waals surface area contributed by atoms with E-state index in [4.69, 9.17) is 33.0 Å². The van der Waals surface area contributed by atoms with Crippen LogP contribution >= 0.6 is 23.8 Å². The number of nitrogens with one attached hydrogen (secondary N) is 1. The van der Waals surface area contributed by atoms with E-state index in [1.807, 2.05) is 93.6 Å². The van der Waals surface area contributed by atoms with Crippen molar-refractivity contribution in [3.63, 3.8) is 0 Å². The third kappa shape index (κ3) is 4.64. The first-order valence-corrected chi connectivity index (χ1v) is 12.3. The van der Waals surface area contributed by atoms with Crippen LogP contribution in [0.15, 0.2) is 83.4 Å². The van der Waals surface area contributed by atoms with E-state index in [9.17, 15) is 0 Å². The zero-order chi connectivity index (χ0) is 24.5. The second kappa shape index (κ2) is 9.72. The van der Waals surface area contributed by atoms with Gasteiger partial charge in [-0.3, -0.25) is 4.98 Å². The van der Waals surface area contributed by atoms with Gasteiger partial charge in [0.1, 0.15) is 23.3 Å². The van der Waals surface area contributed by atoms with E-state index in [1.165, 1.54) is 0 Å². The Morgan fingerprint density at radius 3 is 2.54 bits per heavy atom. The zero-order valence-corrected chi connectivity index (χ0v) is 21.3. The molecule has 0 unspecified atom stereocenters. The highest BCUT2D eigenvalue weighted by molar-refractivity contribution is 7.80. The zero-order valence-electron chi connectivity index (χ0n) is 19.7. The van der Waals surface area contributed by atoms with Gasteiger partial charge in [0, 0.05) is 22.5 Å². The lowest BCUT2D eigenvalue weighted by atomic mass is 10.0. The van der Waals surface area contributed by atoms with Crippen molar-refractivity contribution < 1.29 is 9.15 Å². The van der Waals surface area contributed by atoms with E-state index >= 15 is 0 Å². The van der Waals surface area contributed by atoms with E-state index in [0.29, 0.717) is 10.1 Å². The summed E-state index contributed by atoms with van der Waals surface area (Å²) in [6.45, 7) is 6.02. The number of hydrogen-bond acceptors (Lipinski definition) is 4. The standard InChI is InChI=1S/C28H26ClN3O2S/c1-17(2)33-20-12-10-19(11-13-20)32-27(26(31-28(32)35)23-9-4-5-16-30-23)25-15-14-24(34-25)21-7-6-8-22(29)18(21)3/h4-17,26-27H,1-3H3,(H,31,35)/t26-,27+/m0/s1. The number of anilines is 1. The van der Waals surface area contributed by atoms with Gasteiger partial charge >= 0.3 is 0 Å². The Morgan fingerprint density at radius 1 is 1.03 bits per heavy atom. The maximum Gasteiger partial charge on any atom is 0.174 e. The first kappa shape index (κ1) is 23.4. The fraction of sp³-hybridized carbons (Fsp3) is 0.214. The summed E-state index contributed by atoms with van der Waals surface area (Å²) in [5.74, 6) is 2.36. The summed E-state index contributed by atoms with van der Waals surface area (Å²) in [6.07, 6.45) is 1.90. The monoisotopic (exact) mass is 503 g/mol. The van der Waals surface area contributed by atoms with E-state index in [-0.39, 0.29) is 18.2 Å². The molecular formula is C28H26ClN3O2S. The van der Waals surface area contributed by atoms with Crippen LogP contribution in [-0.2, 0) is 0 Å². The molecule has 35 heavy (non-hydrogen) atoms. The number of halogens is 1. The minimum atomic E-state index is -0.234. The van der Waals surface area contributed by atoms with Crippen molar-refractivity contribution in [3.05, 3.63) is 101 Å². The molecule has 2 aromatic heterocycles. The lowest BCUT2D eigenvalue weighted by molar-refractivity contribution is 0.242. The van der Waals surface area contributed by atoms with Gasteiger partial charge in [-0.25, -0.2) is 0 Å². The molecule has 178 valence electrons. The fourth-order valence-corrected chi connectivity index (χ4v) is 4.93. The van der Waals surface area contributed by atoms with E-state index < -0.39 is 0 Å². The number of nitrogens with zero attached hydrogens (tertiary/aromatic N) is 2. The molecule has 0 spiro atoms. The molecule has 2 atom stereocenters. The number of pyridine rings is 1. The summed E-state index contributed by atoms with van der Waals surface area (Å²) in [6, 6.07) is 23.3. The Labute approximate surface area is 215 Å². The molecule has 0 saturated carbocycles. The highest BCUT2D eigenvalue weighted by atomic mass is 35.5. The van der Waals surface area contributed by atoms with Crippen molar-refractivity contribution >= 4 is 34.6 Å². The third-order valence-electron chi connectivity index (χ3n) is 6.04. The van der Waals surface area contributed by atoms with E-state index in [2.05, 4.69) is 15.2 Å². The van der Waals surface area contributed by atoms with Gasteiger partial charge in [0.05, 0.1) is 17.8 Å². The Hall–Kier alpha value is -3.35. The van der Waals surface area contributed by atoms with E-state index in [0.717, 1.165) is 39.8 Å². The Morgan fingerprint density at radius 2 is 1.83 bits per heavy atom. The van der Waals surface area contributed by atoms with Crippen molar-refractivity contribution in [2.24, 2.45) is 0 Å². The molecule has 7 heteroatoms. The van der Waals surface area contributed by atoms with Crippen LogP contribution in [0.5, 0.6) is 5.75 Å². The van der Waals surface area contributed by atoms with Gasteiger partial charge in [-0.2, -0.15) is 0 Å². The lowest BCUT2D eigenvalue weighted by Crippen LogP contribution is -2.29. The predicted molar refractivity (Wildman–Crippen MR) is 144 cm³/mol. The highest BCUT2D eigenvalue weighted by Crippen LogP contribution is 2.43. The topological polar surface area (TPSA) is 50.5 Å². The van der Waals surface area contributed by atoms with Crippen molar-refractivity contribution in [2.45, 2.75) is 39.0 Å². The van der Waals surface area contributed by atoms with Gasteiger partial charge in [-0.1, -0.05) is 29.8 Å². The van der Waals surface area contributed by atoms with Crippen LogP contribution in [0.1, 0.15) is 42.9 Å². The molecule has 0 radical (unpaired) electrons. The highest BCUT2D eigenvalue weighted by Gasteiger charge is 2.42. The number of ether oxygens (including phenoxy) is 1. The molecule has 5 nitrogen and oxygen atoms in total. The predicted octanol–water partition coefficient (Wildman–Crippen LogP) is 7.27. The quantitative estimate of drug-likeness (QED) is 0.279. The van der Waals surface area contributed by atoms with Gasteiger partial charge in [-0.05, 0) is 93.1 Å². The van der Waals surface area contributed by atoms with Gasteiger partial charge < -0.3 is 19.4 Å². The average Bonchev–Trinajstić information content (AvgIpc) is 3.46. The maximum absolute atomic E-state index is 6.47. The molecule has 0 aliphatic carbocycles. The molecule has 3 heterocycles. The van der Waals surface area contributed by atoms with Crippen LogP contribution in [0.25, 0.3) is 11.3 Å². The normalized spacial score (nSPS) is 17.6. The molecule has 1 aliphatic rings. The Bertz CT molecular complexity index is 1340. The minimum Gasteiger partial charge on any atom is -0.491 e. The number of thiocarbonyl (C=S) groups is 1. The summed E-state index contributed by atoms with van der Waals surface area (Å²) >= 11 is 12.2. The smallest absolute Gasteiger partial charge is 0.174 e. The number of furan rings is 1. The molecule has 0 bridgehead atoms. The molecule has 0 amide bonds. The van der Waals surface area contributed by atoms with Crippen LogP contribution in [0.2, 0.25) is 5.02 Å². The number of hydrogen-bond donors (Lipinski definition) is 1. The van der Waals surface area contributed by atoms with Crippen molar-refractivity contribution in [1.82, 2.24) is 10.3 Å². The summed E-state index contributed by atoms with van der Waals surface area (Å²) in [5, 5.41) is 4.79. The summed E-state index contributed by atoms with van der Waals surface area (Å²) in [5.41, 5.74) is 3.78. The SMILES string of the molecule is Cc1c(Cl)cccc1-c1ccc([C@@H]2[C@H](c3ccccn3)NC(=S)N2c2ccc(OC(C)C)cc2)o1. The molecular weight excluding hydrogens is 478 g/mol. The molecule has 5 rings (SSSR count). The van der Waals surface area contributed by atoms with Gasteiger partial charge in [-0.15, -0.1) is 0 Å². The van der Waals surface area contributed by atoms with Gasteiger partial charge in [0.15, 0.2) is 5.11 Å². The third-order valence-corrected chi connectivity index (χ3v) is 6.76. The summed E-state index contributed by atoms with van der Waals surface area (Å²) in [4.78, 5) is 6.69. The maximum atomic E-state index is 6.47. The lowest BCUT2D eigenvalue weighted by Gasteiger charge is -2.26. The molecule has 4 aromatic rings. The van der Waals surface area contributed by atoms with Gasteiger partial charge in [0.2, 0.25) is 0 Å². The first-order chi connectivity index (χ1) is 16.9. The number of benzene rings is 2. The Balaban J connectivity index is 1.56. The van der Waals surface area contributed by atoms with Crippen molar-refractivity contribution in [3.8, 4) is 17.1 Å². The van der Waals surface area contributed by atoms with Gasteiger partial charge in [0.25, 0.3) is 0 Å². The van der Waals surface area contributed by atoms with Crippen LogP contribution < -0.4 is 15.0 Å². The molecule has 1 N–H and O–H groups in total. The second-order valence-electron chi connectivity index (χ2n) is 8.77. The first-order valence-electron chi connectivity index (χ1n) is 11.5. The summed E-state index contributed by atoms with van der Waals surface area (Å²) in [7, 11) is 0. The van der Waals surface area contributed by atoms with Crippen molar-refractivity contribution in [1.29, 1.82) is 0 Å². The average molecular weight is 504 g/mol.